The minimum Gasteiger partial charge on any atom is -0.394 e. The maximum absolute atomic E-state index is 13.9. The van der Waals surface area contributed by atoms with E-state index in [-0.39, 0.29) is 30.4 Å². The van der Waals surface area contributed by atoms with E-state index >= 15 is 0 Å². The fourth-order valence-electron chi connectivity index (χ4n) is 5.94. The van der Waals surface area contributed by atoms with Crippen molar-refractivity contribution in [1.82, 2.24) is 14.9 Å². The van der Waals surface area contributed by atoms with Gasteiger partial charge in [-0.05, 0) is 74.6 Å². The summed E-state index contributed by atoms with van der Waals surface area (Å²) in [5, 5.41) is 13.8. The molecule has 212 valence electrons. The lowest BCUT2D eigenvalue weighted by Crippen LogP contribution is -2.56. The molecular weight excluding hydrogens is 514 g/mol. The zero-order valence-corrected chi connectivity index (χ0v) is 23.2. The van der Waals surface area contributed by atoms with E-state index in [1.807, 2.05) is 18.7 Å². The van der Waals surface area contributed by atoms with Gasteiger partial charge in [0.25, 0.3) is 5.91 Å². The average molecular weight is 551 g/mol. The Morgan fingerprint density at radius 1 is 0.950 bits per heavy atom. The number of nitrogens with zero attached hydrogens (tertiary/aromatic N) is 5. The highest BCUT2D eigenvalue weighted by Crippen LogP contribution is 2.31. The molecule has 1 atom stereocenters. The lowest BCUT2D eigenvalue weighted by molar-refractivity contribution is 0.0697. The second kappa shape index (κ2) is 11.8. The number of hydrogen-bond acceptors (Lipinski definition) is 7. The summed E-state index contributed by atoms with van der Waals surface area (Å²) >= 11 is 0. The van der Waals surface area contributed by atoms with Gasteiger partial charge in [-0.25, -0.2) is 18.7 Å². The monoisotopic (exact) mass is 550 g/mol. The molecular formula is C30H36F2N6O2. The third-order valence-electron chi connectivity index (χ3n) is 8.05. The van der Waals surface area contributed by atoms with Gasteiger partial charge < -0.3 is 25.1 Å². The van der Waals surface area contributed by atoms with Crippen molar-refractivity contribution in [2.75, 3.05) is 54.4 Å². The zero-order chi connectivity index (χ0) is 28.4. The van der Waals surface area contributed by atoms with Crippen molar-refractivity contribution in [2.24, 2.45) is 0 Å². The lowest BCUT2D eigenvalue weighted by Gasteiger charge is -2.41. The fraction of sp³-hybridized carbons (Fsp3) is 0.433. The summed E-state index contributed by atoms with van der Waals surface area (Å²) in [6.07, 6.45) is 4.21. The van der Waals surface area contributed by atoms with E-state index in [1.54, 1.807) is 17.0 Å². The molecule has 0 bridgehead atoms. The number of carbonyl (C=O) groups excluding carboxylic acids is 1. The molecule has 8 nitrogen and oxygen atoms in total. The number of hydrogen-bond donors (Lipinski definition) is 2. The molecule has 10 heteroatoms. The van der Waals surface area contributed by atoms with Crippen LogP contribution < -0.4 is 15.1 Å². The molecule has 2 fully saturated rings. The summed E-state index contributed by atoms with van der Waals surface area (Å²) in [4.78, 5) is 28.1. The summed E-state index contributed by atoms with van der Waals surface area (Å²) < 4.78 is 26.6. The number of pyridine rings is 2. The number of benzene rings is 1. The molecule has 2 aromatic heterocycles. The second-order valence-corrected chi connectivity index (χ2v) is 10.7. The Hall–Kier alpha value is -3.79. The van der Waals surface area contributed by atoms with Crippen LogP contribution in [0.15, 0.2) is 42.7 Å². The van der Waals surface area contributed by atoms with Gasteiger partial charge in [-0.2, -0.15) is 0 Å². The molecule has 2 aliphatic rings. The van der Waals surface area contributed by atoms with Crippen LogP contribution in [0.25, 0.3) is 0 Å². The molecule has 0 radical (unpaired) electrons. The van der Waals surface area contributed by atoms with Crippen molar-refractivity contribution in [3.63, 3.8) is 0 Å². The summed E-state index contributed by atoms with van der Waals surface area (Å²) in [5.41, 5.74) is 4.61. The average Bonchev–Trinajstić information content (AvgIpc) is 2.96. The Morgan fingerprint density at radius 3 is 2.20 bits per heavy atom. The number of halogens is 2. The number of carbonyl (C=O) groups is 1. The van der Waals surface area contributed by atoms with Gasteiger partial charge in [0.15, 0.2) is 0 Å². The summed E-state index contributed by atoms with van der Waals surface area (Å²) in [6.45, 7) is 8.80. The van der Waals surface area contributed by atoms with Crippen LogP contribution in [0.4, 0.5) is 26.1 Å². The third kappa shape index (κ3) is 5.72. The van der Waals surface area contributed by atoms with Gasteiger partial charge in [0.2, 0.25) is 0 Å². The third-order valence-corrected chi connectivity index (χ3v) is 8.05. The Morgan fingerprint density at radius 2 is 1.60 bits per heavy atom. The first kappa shape index (κ1) is 27.8. The Bertz CT molecular complexity index is 1340. The van der Waals surface area contributed by atoms with Gasteiger partial charge in [0, 0.05) is 50.0 Å². The van der Waals surface area contributed by atoms with E-state index < -0.39 is 5.82 Å². The van der Waals surface area contributed by atoms with Gasteiger partial charge >= 0.3 is 0 Å². The summed E-state index contributed by atoms with van der Waals surface area (Å²) in [5.74, 6) is 0.563. The maximum Gasteiger partial charge on any atom is 0.254 e. The van der Waals surface area contributed by atoms with E-state index in [9.17, 15) is 18.7 Å². The van der Waals surface area contributed by atoms with E-state index in [0.29, 0.717) is 31.0 Å². The van der Waals surface area contributed by atoms with E-state index in [1.165, 1.54) is 24.5 Å². The van der Waals surface area contributed by atoms with Crippen molar-refractivity contribution in [3.05, 3.63) is 76.6 Å². The number of piperazine rings is 1. The first-order valence-electron chi connectivity index (χ1n) is 13.8. The minimum absolute atomic E-state index is 0.0552. The number of aliphatic hydroxyl groups is 1. The molecule has 40 heavy (non-hydrogen) atoms. The van der Waals surface area contributed by atoms with Crippen molar-refractivity contribution in [2.45, 2.75) is 45.7 Å². The number of amides is 1. The number of aliphatic hydroxyl groups excluding tert-OH is 1. The molecule has 3 aromatic rings. The predicted octanol–water partition coefficient (Wildman–Crippen LogP) is 4.08. The second-order valence-electron chi connectivity index (χ2n) is 10.7. The fourth-order valence-corrected chi connectivity index (χ4v) is 5.94. The molecule has 5 rings (SSSR count). The van der Waals surface area contributed by atoms with Crippen molar-refractivity contribution < 1.29 is 18.7 Å². The summed E-state index contributed by atoms with van der Waals surface area (Å²) in [7, 11) is 0. The standard InChI is InChI=1S/C30H36F2N6O2/c1-19-14-20(2)29(35-24-8-10-36(11-9-24)26-6-4-22(31)15-33-26)21(3)28(19)30(40)37-12-13-38(25(17-37)18-39)27-7-5-23(32)16-34-27/h4-7,14-16,24-25,35,39H,8-13,17-18H2,1-3H3/t25-/m0/s1. The highest BCUT2D eigenvalue weighted by molar-refractivity contribution is 5.99. The van der Waals surface area contributed by atoms with Crippen LogP contribution in [0.2, 0.25) is 0 Å². The van der Waals surface area contributed by atoms with Crippen LogP contribution >= 0.6 is 0 Å². The molecule has 0 saturated carbocycles. The van der Waals surface area contributed by atoms with Crippen LogP contribution in [0.3, 0.4) is 0 Å². The first-order valence-corrected chi connectivity index (χ1v) is 13.8. The van der Waals surface area contributed by atoms with Crippen molar-refractivity contribution in [3.8, 4) is 0 Å². The van der Waals surface area contributed by atoms with Crippen LogP contribution in [-0.2, 0) is 0 Å². The number of rotatable bonds is 6. The molecule has 1 aromatic carbocycles. The number of aryl methyl sites for hydroxylation is 2. The largest absolute Gasteiger partial charge is 0.394 e. The molecule has 0 unspecified atom stereocenters. The minimum atomic E-state index is -0.414. The van der Waals surface area contributed by atoms with Crippen molar-refractivity contribution in [1.29, 1.82) is 0 Å². The number of aromatic nitrogens is 2. The predicted molar refractivity (Wildman–Crippen MR) is 152 cm³/mol. The van der Waals surface area contributed by atoms with Crippen LogP contribution in [-0.4, -0.2) is 77.3 Å². The molecule has 1 amide bonds. The topological polar surface area (TPSA) is 84.8 Å². The quantitative estimate of drug-likeness (QED) is 0.479. The van der Waals surface area contributed by atoms with E-state index in [2.05, 4.69) is 33.2 Å². The number of piperidine rings is 1. The van der Waals surface area contributed by atoms with Crippen LogP contribution in [0.5, 0.6) is 0 Å². The Labute approximate surface area is 233 Å². The van der Waals surface area contributed by atoms with Gasteiger partial charge in [0.1, 0.15) is 23.3 Å². The van der Waals surface area contributed by atoms with E-state index in [4.69, 9.17) is 0 Å². The molecule has 0 spiro atoms. The Kier molecular flexibility index (Phi) is 8.16. The SMILES string of the molecule is Cc1cc(C)c(C(=O)N2CCN(c3ccc(F)cn3)[C@H](CO)C2)c(C)c1NC1CCN(c2ccc(F)cn2)CC1. The highest BCUT2D eigenvalue weighted by atomic mass is 19.1. The normalized spacial score (nSPS) is 18.2. The molecule has 2 N–H and O–H groups in total. The van der Waals surface area contributed by atoms with Gasteiger partial charge in [-0.15, -0.1) is 0 Å². The Balaban J connectivity index is 1.28. The van der Waals surface area contributed by atoms with Gasteiger partial charge in [0.05, 0.1) is 25.0 Å². The van der Waals surface area contributed by atoms with Gasteiger partial charge in [-0.3, -0.25) is 4.79 Å². The van der Waals surface area contributed by atoms with E-state index in [0.717, 1.165) is 54.1 Å². The molecule has 4 heterocycles. The molecule has 2 aliphatic heterocycles. The lowest BCUT2D eigenvalue weighted by atomic mass is 9.94. The number of anilines is 3. The van der Waals surface area contributed by atoms with Crippen LogP contribution in [0, 0.1) is 32.4 Å². The maximum atomic E-state index is 13.9. The zero-order valence-electron chi connectivity index (χ0n) is 23.2. The van der Waals surface area contributed by atoms with Crippen molar-refractivity contribution >= 4 is 23.2 Å². The molecule has 2 saturated heterocycles. The molecule has 0 aliphatic carbocycles. The van der Waals surface area contributed by atoms with Crippen LogP contribution in [0.1, 0.15) is 39.9 Å². The smallest absolute Gasteiger partial charge is 0.254 e. The summed E-state index contributed by atoms with van der Waals surface area (Å²) in [6, 6.07) is 8.07. The number of nitrogens with one attached hydrogen (secondary N) is 1. The first-order chi connectivity index (χ1) is 19.2. The highest BCUT2D eigenvalue weighted by Gasteiger charge is 2.32. The van der Waals surface area contributed by atoms with Gasteiger partial charge in [-0.1, -0.05) is 6.07 Å².